The van der Waals surface area contributed by atoms with Gasteiger partial charge in [0.25, 0.3) is 0 Å². The van der Waals surface area contributed by atoms with Crippen LogP contribution in [0.15, 0.2) is 0 Å². The van der Waals surface area contributed by atoms with Crippen molar-refractivity contribution in [2.45, 2.75) is 46.3 Å². The second-order valence-electron chi connectivity index (χ2n) is 6.33. The Hall–Kier alpha value is -0.780. The molecule has 0 bridgehead atoms. The van der Waals surface area contributed by atoms with Gasteiger partial charge in [0.05, 0.1) is 6.54 Å². The minimum Gasteiger partial charge on any atom is -0.341 e. The van der Waals surface area contributed by atoms with Crippen molar-refractivity contribution in [2.24, 2.45) is 17.8 Å². The molecule has 1 rings (SSSR count). The van der Waals surface area contributed by atoms with E-state index in [1.54, 1.807) is 4.90 Å². The molecule has 1 saturated heterocycles. The van der Waals surface area contributed by atoms with Crippen LogP contribution in [0.5, 0.6) is 0 Å². The van der Waals surface area contributed by atoms with Gasteiger partial charge < -0.3 is 10.2 Å². The molecule has 0 aliphatic carbocycles. The number of nitrogens with zero attached hydrogens (tertiary/aromatic N) is 1. The molecule has 6 heteroatoms. The van der Waals surface area contributed by atoms with Crippen molar-refractivity contribution in [3.8, 4) is 0 Å². The molecule has 1 heterocycles. The third-order valence-electron chi connectivity index (χ3n) is 3.82. The summed E-state index contributed by atoms with van der Waals surface area (Å²) in [6.07, 6.45) is -3.52. The molecule has 0 spiro atoms. The number of amides is 1. The average Bonchev–Trinajstić information content (AvgIpc) is 2.34. The Balaban J connectivity index is 2.68. The van der Waals surface area contributed by atoms with E-state index in [1.165, 1.54) is 0 Å². The number of likely N-dealkylation sites (tertiary alicyclic amines) is 1. The van der Waals surface area contributed by atoms with Crippen molar-refractivity contribution in [3.63, 3.8) is 0 Å². The molecule has 1 aliphatic rings. The van der Waals surface area contributed by atoms with E-state index in [1.807, 2.05) is 13.8 Å². The molecule has 1 aliphatic heterocycles. The lowest BCUT2D eigenvalue weighted by Crippen LogP contribution is -2.54. The number of carbonyl (C=O) groups excluding carboxylic acids is 1. The minimum absolute atomic E-state index is 0.0224. The Morgan fingerprint density at radius 2 is 1.85 bits per heavy atom. The maximum Gasteiger partial charge on any atom is 0.401 e. The van der Waals surface area contributed by atoms with Crippen LogP contribution in [0.4, 0.5) is 13.2 Å². The van der Waals surface area contributed by atoms with Crippen LogP contribution in [0.25, 0.3) is 0 Å². The fourth-order valence-electron chi connectivity index (χ4n) is 2.57. The number of hydrogen-bond donors (Lipinski definition) is 1. The third kappa shape index (κ3) is 5.31. The molecular weight excluding hydrogens is 269 g/mol. The number of halogens is 3. The summed E-state index contributed by atoms with van der Waals surface area (Å²) in [6.45, 7) is 7.77. The van der Waals surface area contributed by atoms with Crippen LogP contribution in [0.1, 0.15) is 34.1 Å². The monoisotopic (exact) mass is 294 g/mol. The second kappa shape index (κ2) is 6.78. The van der Waals surface area contributed by atoms with Gasteiger partial charge in [-0.05, 0) is 18.3 Å². The molecule has 20 heavy (non-hydrogen) atoms. The number of rotatable bonds is 4. The lowest BCUT2D eigenvalue weighted by atomic mass is 9.85. The van der Waals surface area contributed by atoms with Crippen LogP contribution < -0.4 is 5.32 Å². The smallest absolute Gasteiger partial charge is 0.341 e. The van der Waals surface area contributed by atoms with Crippen LogP contribution in [0.3, 0.4) is 0 Å². The van der Waals surface area contributed by atoms with E-state index in [4.69, 9.17) is 0 Å². The highest BCUT2D eigenvalue weighted by Crippen LogP contribution is 2.25. The Bertz CT molecular complexity index is 329. The summed E-state index contributed by atoms with van der Waals surface area (Å²) in [6, 6.07) is -0.277. The maximum atomic E-state index is 12.3. The molecule has 1 N–H and O–H groups in total. The largest absolute Gasteiger partial charge is 0.401 e. The number of carbonyl (C=O) groups is 1. The summed E-state index contributed by atoms with van der Waals surface area (Å²) in [4.78, 5) is 13.8. The van der Waals surface area contributed by atoms with E-state index in [-0.39, 0.29) is 23.8 Å². The van der Waals surface area contributed by atoms with Crippen molar-refractivity contribution in [3.05, 3.63) is 0 Å². The van der Waals surface area contributed by atoms with Crippen LogP contribution in [-0.2, 0) is 4.79 Å². The molecule has 2 unspecified atom stereocenters. The standard InChI is InChI=1S/C14H25F3N2O/c1-9(2)11-5-12(18-8-14(15,16)17)7-19(6-11)13(20)10(3)4/h9-12,18H,5-8H2,1-4H3. The minimum atomic E-state index is -4.21. The van der Waals surface area contributed by atoms with E-state index in [0.717, 1.165) is 0 Å². The molecule has 0 aromatic rings. The predicted octanol–water partition coefficient (Wildman–Crippen LogP) is 2.67. The molecule has 3 nitrogen and oxygen atoms in total. The van der Waals surface area contributed by atoms with E-state index in [9.17, 15) is 18.0 Å². The molecule has 1 amide bonds. The van der Waals surface area contributed by atoms with Crippen LogP contribution in [0, 0.1) is 17.8 Å². The molecule has 0 saturated carbocycles. The number of alkyl halides is 3. The first-order valence-corrected chi connectivity index (χ1v) is 7.19. The van der Waals surface area contributed by atoms with Gasteiger partial charge in [0, 0.05) is 25.0 Å². The Morgan fingerprint density at radius 1 is 1.25 bits per heavy atom. The summed E-state index contributed by atoms with van der Waals surface area (Å²) in [5.41, 5.74) is 0. The van der Waals surface area contributed by atoms with Gasteiger partial charge in [-0.1, -0.05) is 27.7 Å². The zero-order valence-corrected chi connectivity index (χ0v) is 12.6. The maximum absolute atomic E-state index is 12.3. The lowest BCUT2D eigenvalue weighted by molar-refractivity contribution is -0.138. The van der Waals surface area contributed by atoms with Crippen LogP contribution in [0.2, 0.25) is 0 Å². The zero-order valence-electron chi connectivity index (χ0n) is 12.6. The first kappa shape index (κ1) is 17.3. The van der Waals surface area contributed by atoms with Gasteiger partial charge in [0.15, 0.2) is 0 Å². The van der Waals surface area contributed by atoms with Crippen molar-refractivity contribution in [2.75, 3.05) is 19.6 Å². The highest BCUT2D eigenvalue weighted by atomic mass is 19.4. The molecule has 118 valence electrons. The second-order valence-corrected chi connectivity index (χ2v) is 6.33. The molecule has 0 aromatic carbocycles. The average molecular weight is 294 g/mol. The molecule has 0 radical (unpaired) electrons. The Labute approximate surface area is 118 Å². The zero-order chi connectivity index (χ0) is 15.5. The quantitative estimate of drug-likeness (QED) is 0.864. The van der Waals surface area contributed by atoms with E-state index in [2.05, 4.69) is 19.2 Å². The summed E-state index contributed by atoms with van der Waals surface area (Å²) >= 11 is 0. The summed E-state index contributed by atoms with van der Waals surface area (Å²) in [7, 11) is 0. The molecular formula is C14H25F3N2O. The summed E-state index contributed by atoms with van der Waals surface area (Å²) in [5, 5.41) is 2.55. The molecule has 0 aromatic heterocycles. The van der Waals surface area contributed by atoms with Gasteiger partial charge in [-0.15, -0.1) is 0 Å². The van der Waals surface area contributed by atoms with Crippen LogP contribution >= 0.6 is 0 Å². The SMILES string of the molecule is CC(C)C(=O)N1CC(NCC(F)(F)F)CC(C(C)C)C1. The highest BCUT2D eigenvalue weighted by Gasteiger charge is 2.34. The van der Waals surface area contributed by atoms with E-state index in [0.29, 0.717) is 25.4 Å². The Morgan fingerprint density at radius 3 is 2.30 bits per heavy atom. The normalized spacial score (nSPS) is 24.6. The molecule has 2 atom stereocenters. The fraction of sp³-hybridized carbons (Fsp3) is 0.929. The van der Waals surface area contributed by atoms with Gasteiger partial charge in [-0.2, -0.15) is 13.2 Å². The van der Waals surface area contributed by atoms with Crippen LogP contribution in [-0.4, -0.2) is 42.7 Å². The first-order chi connectivity index (χ1) is 9.10. The van der Waals surface area contributed by atoms with Crippen molar-refractivity contribution < 1.29 is 18.0 Å². The topological polar surface area (TPSA) is 32.3 Å². The van der Waals surface area contributed by atoms with Gasteiger partial charge in [0.1, 0.15) is 0 Å². The van der Waals surface area contributed by atoms with Crippen molar-refractivity contribution in [1.29, 1.82) is 0 Å². The number of nitrogens with one attached hydrogen (secondary N) is 1. The molecule has 1 fully saturated rings. The lowest BCUT2D eigenvalue weighted by Gasteiger charge is -2.40. The fourth-order valence-corrected chi connectivity index (χ4v) is 2.57. The van der Waals surface area contributed by atoms with E-state index >= 15 is 0 Å². The van der Waals surface area contributed by atoms with Gasteiger partial charge in [-0.25, -0.2) is 0 Å². The highest BCUT2D eigenvalue weighted by molar-refractivity contribution is 5.78. The first-order valence-electron chi connectivity index (χ1n) is 7.19. The number of hydrogen-bond acceptors (Lipinski definition) is 2. The number of piperidine rings is 1. The predicted molar refractivity (Wildman–Crippen MR) is 72.2 cm³/mol. The summed E-state index contributed by atoms with van der Waals surface area (Å²) < 4.78 is 36.9. The third-order valence-corrected chi connectivity index (χ3v) is 3.82. The van der Waals surface area contributed by atoms with E-state index < -0.39 is 12.7 Å². The van der Waals surface area contributed by atoms with Gasteiger partial charge >= 0.3 is 6.18 Å². The van der Waals surface area contributed by atoms with Gasteiger partial charge in [0.2, 0.25) is 5.91 Å². The van der Waals surface area contributed by atoms with Crippen molar-refractivity contribution >= 4 is 5.91 Å². The summed E-state index contributed by atoms with van der Waals surface area (Å²) in [5.74, 6) is 0.503. The Kier molecular flexibility index (Phi) is 5.86. The van der Waals surface area contributed by atoms with Gasteiger partial charge in [-0.3, -0.25) is 4.79 Å². The van der Waals surface area contributed by atoms with Crippen molar-refractivity contribution in [1.82, 2.24) is 10.2 Å².